The molecular formula is C23H28N4O3S. The molecule has 7 nitrogen and oxygen atoms in total. The minimum atomic E-state index is -0.282. The number of hydrogen-bond acceptors (Lipinski definition) is 6. The highest BCUT2D eigenvalue weighted by Gasteiger charge is 2.20. The van der Waals surface area contributed by atoms with Crippen LogP contribution in [-0.2, 0) is 34.4 Å². The summed E-state index contributed by atoms with van der Waals surface area (Å²) in [6, 6.07) is 5.93. The van der Waals surface area contributed by atoms with Crippen molar-refractivity contribution in [1.29, 1.82) is 0 Å². The molecule has 2 aromatic heterocycles. The SMILES string of the molecule is CC(=O)N(c1nc(COC(=O)CCc2c(C)nn(C)c2C)cs1)c1ccc(C)cc1C. The van der Waals surface area contributed by atoms with Crippen LogP contribution in [0.15, 0.2) is 23.6 Å². The lowest BCUT2D eigenvalue weighted by Gasteiger charge is -2.20. The summed E-state index contributed by atoms with van der Waals surface area (Å²) in [6.07, 6.45) is 0.879. The van der Waals surface area contributed by atoms with E-state index in [-0.39, 0.29) is 24.9 Å². The van der Waals surface area contributed by atoms with Gasteiger partial charge in [-0.2, -0.15) is 5.10 Å². The highest BCUT2D eigenvalue weighted by molar-refractivity contribution is 7.14. The lowest BCUT2D eigenvalue weighted by molar-refractivity contribution is -0.145. The molecule has 1 amide bonds. The number of hydrogen-bond donors (Lipinski definition) is 0. The zero-order valence-corrected chi connectivity index (χ0v) is 19.7. The number of carbonyl (C=O) groups is 2. The van der Waals surface area contributed by atoms with Gasteiger partial charge in [-0.25, -0.2) is 4.98 Å². The van der Waals surface area contributed by atoms with E-state index in [1.807, 2.05) is 63.0 Å². The summed E-state index contributed by atoms with van der Waals surface area (Å²) in [4.78, 5) is 30.7. The van der Waals surface area contributed by atoms with Gasteiger partial charge in [0.15, 0.2) is 5.13 Å². The molecule has 0 aliphatic rings. The van der Waals surface area contributed by atoms with Gasteiger partial charge in [-0.15, -0.1) is 11.3 Å². The second-order valence-electron chi connectivity index (χ2n) is 7.70. The molecule has 3 aromatic rings. The predicted octanol–water partition coefficient (Wildman–Crippen LogP) is 4.47. The van der Waals surface area contributed by atoms with Crippen LogP contribution in [0.3, 0.4) is 0 Å². The molecule has 0 atom stereocenters. The molecule has 0 spiro atoms. The third kappa shape index (κ3) is 5.19. The van der Waals surface area contributed by atoms with E-state index in [1.54, 1.807) is 4.90 Å². The largest absolute Gasteiger partial charge is 0.459 e. The Balaban J connectivity index is 1.63. The molecule has 1 aromatic carbocycles. The summed E-state index contributed by atoms with van der Waals surface area (Å²) in [5.41, 5.74) is 6.64. The van der Waals surface area contributed by atoms with Crippen molar-refractivity contribution in [3.8, 4) is 0 Å². The molecule has 0 fully saturated rings. The first kappa shape index (κ1) is 22.7. The molecule has 0 aliphatic heterocycles. The summed E-state index contributed by atoms with van der Waals surface area (Å²) in [7, 11) is 1.90. The number of aromatic nitrogens is 3. The third-order valence-electron chi connectivity index (χ3n) is 5.26. The number of rotatable bonds is 7. The molecule has 0 saturated carbocycles. The van der Waals surface area contributed by atoms with Gasteiger partial charge >= 0.3 is 5.97 Å². The van der Waals surface area contributed by atoms with E-state index < -0.39 is 0 Å². The van der Waals surface area contributed by atoms with Crippen LogP contribution < -0.4 is 4.90 Å². The Morgan fingerprint density at radius 3 is 2.55 bits per heavy atom. The molecule has 0 unspecified atom stereocenters. The molecule has 0 aliphatic carbocycles. The van der Waals surface area contributed by atoms with Gasteiger partial charge < -0.3 is 4.74 Å². The van der Waals surface area contributed by atoms with Crippen molar-refractivity contribution in [2.75, 3.05) is 4.90 Å². The average Bonchev–Trinajstić information content (AvgIpc) is 3.25. The van der Waals surface area contributed by atoms with Crippen LogP contribution in [0.25, 0.3) is 0 Å². The average molecular weight is 441 g/mol. The number of esters is 1. The Kier molecular flexibility index (Phi) is 6.90. The molecule has 2 heterocycles. The van der Waals surface area contributed by atoms with Crippen LogP contribution in [0, 0.1) is 27.7 Å². The van der Waals surface area contributed by atoms with Crippen LogP contribution >= 0.6 is 11.3 Å². The first-order chi connectivity index (χ1) is 14.7. The lowest BCUT2D eigenvalue weighted by Crippen LogP contribution is -2.23. The van der Waals surface area contributed by atoms with Gasteiger partial charge in [-0.3, -0.25) is 19.2 Å². The molecule has 164 valence electrons. The fourth-order valence-electron chi connectivity index (χ4n) is 3.56. The molecule has 0 radical (unpaired) electrons. The van der Waals surface area contributed by atoms with Gasteiger partial charge in [-0.1, -0.05) is 17.7 Å². The van der Waals surface area contributed by atoms with Gasteiger partial charge in [0.2, 0.25) is 5.91 Å². The van der Waals surface area contributed by atoms with E-state index in [0.717, 1.165) is 33.8 Å². The van der Waals surface area contributed by atoms with Gasteiger partial charge in [0.1, 0.15) is 6.61 Å². The highest BCUT2D eigenvalue weighted by atomic mass is 32.1. The number of benzene rings is 1. The smallest absolute Gasteiger partial charge is 0.306 e. The maximum absolute atomic E-state index is 12.3. The maximum Gasteiger partial charge on any atom is 0.306 e. The van der Waals surface area contributed by atoms with Crippen molar-refractivity contribution in [2.45, 2.75) is 54.1 Å². The third-order valence-corrected chi connectivity index (χ3v) is 6.13. The second-order valence-corrected chi connectivity index (χ2v) is 8.54. The topological polar surface area (TPSA) is 77.3 Å². The molecule has 0 bridgehead atoms. The number of aryl methyl sites for hydroxylation is 4. The number of amides is 1. The van der Waals surface area contributed by atoms with Gasteiger partial charge in [-0.05, 0) is 51.3 Å². The predicted molar refractivity (Wildman–Crippen MR) is 122 cm³/mol. The molecular weight excluding hydrogens is 412 g/mol. The molecule has 31 heavy (non-hydrogen) atoms. The quantitative estimate of drug-likeness (QED) is 0.507. The standard InChI is InChI=1S/C23H28N4O3S/c1-14-7-9-21(15(2)11-14)27(18(5)28)23-24-19(13-31-23)12-30-22(29)10-8-20-16(3)25-26(6)17(20)4/h7,9,11,13H,8,10,12H2,1-6H3. The fraction of sp³-hybridized carbons (Fsp3) is 0.391. The summed E-state index contributed by atoms with van der Waals surface area (Å²) in [6.45, 7) is 9.53. The van der Waals surface area contributed by atoms with E-state index in [9.17, 15) is 9.59 Å². The van der Waals surface area contributed by atoms with E-state index in [0.29, 0.717) is 17.2 Å². The van der Waals surface area contributed by atoms with Gasteiger partial charge in [0.25, 0.3) is 0 Å². The number of anilines is 2. The minimum Gasteiger partial charge on any atom is -0.459 e. The molecule has 0 saturated heterocycles. The van der Waals surface area contributed by atoms with Gasteiger partial charge in [0, 0.05) is 31.5 Å². The van der Waals surface area contributed by atoms with Crippen molar-refractivity contribution >= 4 is 34.0 Å². The zero-order chi connectivity index (χ0) is 22.7. The van der Waals surface area contributed by atoms with Crippen LogP contribution in [0.5, 0.6) is 0 Å². The van der Waals surface area contributed by atoms with Crippen LogP contribution in [0.4, 0.5) is 10.8 Å². The van der Waals surface area contributed by atoms with E-state index >= 15 is 0 Å². The second kappa shape index (κ2) is 9.43. The molecule has 3 rings (SSSR count). The zero-order valence-electron chi connectivity index (χ0n) is 18.9. The first-order valence-electron chi connectivity index (χ1n) is 10.1. The first-order valence-corrected chi connectivity index (χ1v) is 11.0. The summed E-state index contributed by atoms with van der Waals surface area (Å²) >= 11 is 1.35. The van der Waals surface area contributed by atoms with Gasteiger partial charge in [0.05, 0.1) is 17.1 Å². The highest BCUT2D eigenvalue weighted by Crippen LogP contribution is 2.31. The minimum absolute atomic E-state index is 0.0823. The maximum atomic E-state index is 12.3. The molecule has 8 heteroatoms. The Hall–Kier alpha value is -3.00. The normalized spacial score (nSPS) is 10.9. The van der Waals surface area contributed by atoms with Crippen molar-refractivity contribution < 1.29 is 14.3 Å². The van der Waals surface area contributed by atoms with Crippen molar-refractivity contribution in [3.63, 3.8) is 0 Å². The Bertz CT molecular complexity index is 1120. The molecule has 0 N–H and O–H groups in total. The Morgan fingerprint density at radius 2 is 1.94 bits per heavy atom. The lowest BCUT2D eigenvalue weighted by atomic mass is 10.1. The van der Waals surface area contributed by atoms with Crippen molar-refractivity contribution in [2.24, 2.45) is 7.05 Å². The monoisotopic (exact) mass is 440 g/mol. The van der Waals surface area contributed by atoms with Crippen molar-refractivity contribution in [1.82, 2.24) is 14.8 Å². The Labute approximate surface area is 186 Å². The number of ether oxygens (including phenoxy) is 1. The van der Waals surface area contributed by atoms with Crippen LogP contribution in [-0.4, -0.2) is 26.6 Å². The number of nitrogens with zero attached hydrogens (tertiary/aromatic N) is 4. The summed E-state index contributed by atoms with van der Waals surface area (Å²) < 4.78 is 7.23. The Morgan fingerprint density at radius 1 is 1.19 bits per heavy atom. The van der Waals surface area contributed by atoms with Crippen molar-refractivity contribution in [3.05, 3.63) is 57.4 Å². The van der Waals surface area contributed by atoms with E-state index in [4.69, 9.17) is 4.74 Å². The van der Waals surface area contributed by atoms with E-state index in [2.05, 4.69) is 10.1 Å². The van der Waals surface area contributed by atoms with Crippen LogP contribution in [0.1, 0.15) is 47.1 Å². The number of carbonyl (C=O) groups excluding carboxylic acids is 2. The summed E-state index contributed by atoms with van der Waals surface area (Å²) in [5.74, 6) is -0.401. The van der Waals surface area contributed by atoms with Crippen LogP contribution in [0.2, 0.25) is 0 Å². The fourth-order valence-corrected chi connectivity index (χ4v) is 4.43. The van der Waals surface area contributed by atoms with E-state index in [1.165, 1.54) is 18.3 Å². The number of thiazole rings is 1. The summed E-state index contributed by atoms with van der Waals surface area (Å²) in [5, 5.41) is 6.75.